The molecule has 2 aliphatic carbocycles. The molecule has 1 aromatic heterocycles. The summed E-state index contributed by atoms with van der Waals surface area (Å²) in [6.07, 6.45) is 9.28. The molecule has 100 valence electrons. The molecule has 0 aliphatic heterocycles. The third-order valence-electron chi connectivity index (χ3n) is 3.36. The van der Waals surface area contributed by atoms with Crippen LogP contribution >= 0.6 is 0 Å². The Labute approximate surface area is 113 Å². The van der Waals surface area contributed by atoms with Crippen LogP contribution in [0.5, 0.6) is 0 Å². The Hall–Kier alpha value is -0.212. The fraction of sp³-hybridized carbons (Fsp3) is 0.833. The summed E-state index contributed by atoms with van der Waals surface area (Å²) >= 11 is 2.25. The number of hydrogen-bond donors (Lipinski definition) is 2. The number of nitrogens with zero attached hydrogens (tertiary/aromatic N) is 2. The van der Waals surface area contributed by atoms with Gasteiger partial charge in [0.1, 0.15) is 0 Å². The van der Waals surface area contributed by atoms with E-state index in [1.807, 2.05) is 11.7 Å². The molecule has 3 N–H and O–H groups in total. The molecule has 2 aliphatic rings. The maximum Gasteiger partial charge on any atom is 0.00399 e. The second-order valence-corrected chi connectivity index (χ2v) is 6.10. The molecule has 3 rings (SSSR count). The molecule has 0 amide bonds. The number of nitrogens with one attached hydrogen (secondary N) is 1. The van der Waals surface area contributed by atoms with Crippen LogP contribution in [0.1, 0.15) is 56.7 Å². The van der Waals surface area contributed by atoms with Crippen molar-refractivity contribution in [3.05, 3.63) is 9.63 Å². The number of aryl methyl sites for hydroxylation is 1. The first-order chi connectivity index (χ1) is 8.16. The van der Waals surface area contributed by atoms with E-state index in [1.165, 1.54) is 50.8 Å². The second-order valence-electron chi connectivity index (χ2n) is 5.08. The maximum atomic E-state index is 5.22. The molecule has 0 spiro atoms. The van der Waals surface area contributed by atoms with Gasteiger partial charge in [0.15, 0.2) is 0 Å². The number of hydrogen-bond acceptors (Lipinski definition) is 2. The molecular weight excluding hydrogens is 395 g/mol. The van der Waals surface area contributed by atoms with Crippen LogP contribution in [-0.2, 0) is 26.4 Å². The van der Waals surface area contributed by atoms with Gasteiger partial charge in [0.2, 0.25) is 0 Å². The fourth-order valence-electron chi connectivity index (χ4n) is 2.06. The van der Waals surface area contributed by atoms with E-state index >= 15 is 0 Å². The van der Waals surface area contributed by atoms with Crippen LogP contribution in [0.4, 0.5) is 0 Å². The van der Waals surface area contributed by atoms with Crippen molar-refractivity contribution in [2.45, 2.75) is 56.9 Å². The topological polar surface area (TPSA) is 59.6 Å². The van der Waals surface area contributed by atoms with Gasteiger partial charge < -0.3 is 5.73 Å². The average molecular weight is 417 g/mol. The fourth-order valence-corrected chi connectivity index (χ4v) is 2.46. The molecule has 4 nitrogen and oxygen atoms in total. The number of rotatable bonds is 1. The van der Waals surface area contributed by atoms with Crippen molar-refractivity contribution in [1.29, 1.82) is 0 Å². The largest absolute Gasteiger partial charge is 0.328 e. The van der Waals surface area contributed by atoms with E-state index in [2.05, 4.69) is 29.4 Å². The van der Waals surface area contributed by atoms with Crippen LogP contribution in [0.3, 0.4) is 0 Å². The first kappa shape index (κ1) is 13.2. The van der Waals surface area contributed by atoms with E-state index in [-0.39, 0.29) is 0 Å². The molecule has 0 atom stereocenters. The summed E-state index contributed by atoms with van der Waals surface area (Å²) in [6, 6.07) is 0.583. The summed E-state index contributed by atoms with van der Waals surface area (Å²) in [7, 11) is 2.02. The van der Waals surface area contributed by atoms with Crippen molar-refractivity contribution in [3.8, 4) is 0 Å². The van der Waals surface area contributed by atoms with Gasteiger partial charge in [-0.1, -0.05) is 0 Å². The van der Waals surface area contributed by atoms with Gasteiger partial charge in [-0.15, -0.1) is 0 Å². The second kappa shape index (κ2) is 6.10. The quantitative estimate of drug-likeness (QED) is 0.734. The van der Waals surface area contributed by atoms with Gasteiger partial charge in [-0.2, -0.15) is 0 Å². The number of H-pyrrole nitrogens is 1. The number of nitrogens with two attached hydrogens (primary N) is 1. The summed E-state index contributed by atoms with van der Waals surface area (Å²) < 4.78 is 3.05. The molecule has 5 heteroatoms. The van der Waals surface area contributed by atoms with Crippen LogP contribution in [0, 0.1) is 3.80 Å². The van der Waals surface area contributed by atoms with Gasteiger partial charge >= 0.3 is 88.8 Å². The van der Waals surface area contributed by atoms with Gasteiger partial charge in [0, 0.05) is 6.04 Å². The maximum absolute atomic E-state index is 5.22. The molecule has 0 bridgehead atoms. The predicted molar refractivity (Wildman–Crippen MR) is 63.8 cm³/mol. The Morgan fingerprint density at radius 3 is 2.24 bits per heavy atom. The first-order valence-corrected chi connectivity index (χ1v) is 7.64. The zero-order valence-corrected chi connectivity index (χ0v) is 12.7. The molecule has 0 radical (unpaired) electrons. The van der Waals surface area contributed by atoms with Gasteiger partial charge in [-0.3, -0.25) is 0 Å². The normalized spacial score (nSPS) is 20.9. The van der Waals surface area contributed by atoms with Crippen molar-refractivity contribution >= 4 is 0 Å². The Bertz CT molecular complexity index is 399. The summed E-state index contributed by atoms with van der Waals surface area (Å²) in [5.74, 6) is 1.87. The average Bonchev–Trinajstić information content (AvgIpc) is 3.05. The molecule has 17 heavy (non-hydrogen) atoms. The summed E-state index contributed by atoms with van der Waals surface area (Å²) in [5.41, 5.74) is 5.22. The Kier molecular flexibility index (Phi) is 4.75. The first-order valence-electron chi connectivity index (χ1n) is 6.50. The summed E-state index contributed by atoms with van der Waals surface area (Å²) in [6.45, 7) is 0. The molecule has 2 fully saturated rings. The third-order valence-corrected chi connectivity index (χ3v) is 4.37. The van der Waals surface area contributed by atoms with Gasteiger partial charge in [-0.05, 0) is 12.8 Å². The Morgan fingerprint density at radius 1 is 1.24 bits per heavy atom. The standard InChI is InChI=1S/C9H15N3.C3H7N.Pt/c1-12-7-10-9(11-12)8-5-3-2-4-6-8;4-3-1-2-3;/h8H,2-6H2,1H3,(H,10,11);3H,1-2,4H2;. The van der Waals surface area contributed by atoms with Crippen LogP contribution in [-0.4, -0.2) is 20.8 Å². The van der Waals surface area contributed by atoms with Gasteiger partial charge in [0.05, 0.1) is 0 Å². The van der Waals surface area contributed by atoms with E-state index < -0.39 is 0 Å². The predicted octanol–water partition coefficient (Wildman–Crippen LogP) is 1.98. The van der Waals surface area contributed by atoms with E-state index in [1.54, 1.807) is 0 Å². The third kappa shape index (κ3) is 4.18. The van der Waals surface area contributed by atoms with Crippen molar-refractivity contribution in [2.75, 3.05) is 0 Å². The van der Waals surface area contributed by atoms with Gasteiger partial charge in [0.25, 0.3) is 0 Å². The Balaban J connectivity index is 0.000000228. The summed E-state index contributed by atoms with van der Waals surface area (Å²) in [5, 5.41) is 3.31. The van der Waals surface area contributed by atoms with E-state index in [0.29, 0.717) is 12.0 Å². The molecule has 0 saturated heterocycles. The van der Waals surface area contributed by atoms with Crippen molar-refractivity contribution in [3.63, 3.8) is 0 Å². The van der Waals surface area contributed by atoms with E-state index in [0.717, 1.165) is 3.80 Å². The van der Waals surface area contributed by atoms with Crippen molar-refractivity contribution in [1.82, 2.24) is 14.8 Å². The molecule has 0 aromatic carbocycles. The molecule has 0 unspecified atom stereocenters. The summed E-state index contributed by atoms with van der Waals surface area (Å²) in [4.78, 5) is 4.53. The van der Waals surface area contributed by atoms with Crippen LogP contribution < -0.4 is 5.73 Å². The van der Waals surface area contributed by atoms with E-state index in [4.69, 9.17) is 5.73 Å². The monoisotopic (exact) mass is 417 g/mol. The minimum absolute atomic E-state index is 0.583. The SMILES string of the molecule is Cn1[nH]c(C2CCCCC2)n[c]1=[Pt].NC1CC1. The van der Waals surface area contributed by atoms with Crippen molar-refractivity contribution < 1.29 is 19.4 Å². The zero-order valence-electron chi connectivity index (χ0n) is 10.4. The minimum Gasteiger partial charge on any atom is -0.328 e. The van der Waals surface area contributed by atoms with Crippen LogP contribution in [0.15, 0.2) is 0 Å². The van der Waals surface area contributed by atoms with Crippen LogP contribution in [0.2, 0.25) is 0 Å². The van der Waals surface area contributed by atoms with Gasteiger partial charge in [-0.25, -0.2) is 0 Å². The molecule has 1 heterocycles. The molecular formula is C12H22N4Pt. The van der Waals surface area contributed by atoms with Crippen molar-refractivity contribution in [2.24, 2.45) is 12.8 Å². The van der Waals surface area contributed by atoms with Crippen LogP contribution in [0.25, 0.3) is 0 Å². The number of aromatic nitrogens is 3. The number of aromatic amines is 1. The Morgan fingerprint density at radius 2 is 1.82 bits per heavy atom. The van der Waals surface area contributed by atoms with E-state index in [9.17, 15) is 0 Å². The smallest absolute Gasteiger partial charge is 0.00399 e. The minimum atomic E-state index is 0.583. The zero-order chi connectivity index (χ0) is 12.3. The molecule has 1 aromatic rings. The molecule has 2 saturated carbocycles.